The highest BCUT2D eigenvalue weighted by atomic mass is 16.5. The predicted molar refractivity (Wildman–Crippen MR) is 145 cm³/mol. The van der Waals surface area contributed by atoms with Crippen LogP contribution in [0.4, 0.5) is 0 Å². The van der Waals surface area contributed by atoms with Crippen LogP contribution in [-0.4, -0.2) is 40.8 Å². The van der Waals surface area contributed by atoms with E-state index in [1.54, 1.807) is 11.8 Å². The molecule has 4 aromatic rings. The van der Waals surface area contributed by atoms with Crippen LogP contribution < -0.4 is 9.47 Å². The number of hydrogen-bond donors (Lipinski definition) is 0. The fraction of sp³-hybridized carbons (Fsp3) is 0.290. The lowest BCUT2D eigenvalue weighted by Crippen LogP contribution is -2.32. The SMILES string of the molecule is CCCCOc1ccc(C2c3c(-c4ccc(OC)cc4)nn(C)c3C(=O)N2CCc2ccccc2)cc1. The lowest BCUT2D eigenvalue weighted by atomic mass is 9.95. The van der Waals surface area contributed by atoms with E-state index in [0.29, 0.717) is 18.8 Å². The first-order valence-electron chi connectivity index (χ1n) is 12.9. The van der Waals surface area contributed by atoms with Crippen molar-refractivity contribution in [1.29, 1.82) is 0 Å². The number of aryl methyl sites for hydroxylation is 1. The Morgan fingerprint density at radius 1 is 0.919 bits per heavy atom. The minimum absolute atomic E-state index is 0.00830. The highest BCUT2D eigenvalue weighted by Gasteiger charge is 2.43. The highest BCUT2D eigenvalue weighted by molar-refractivity contribution is 6.00. The van der Waals surface area contributed by atoms with Crippen molar-refractivity contribution in [1.82, 2.24) is 14.7 Å². The Hall–Kier alpha value is -4.06. The summed E-state index contributed by atoms with van der Waals surface area (Å²) in [5.74, 6) is 1.64. The van der Waals surface area contributed by atoms with Crippen LogP contribution in [0, 0.1) is 0 Å². The van der Waals surface area contributed by atoms with Crippen LogP contribution >= 0.6 is 0 Å². The van der Waals surface area contributed by atoms with Gasteiger partial charge in [-0.1, -0.05) is 55.8 Å². The van der Waals surface area contributed by atoms with Gasteiger partial charge in [0.05, 0.1) is 25.5 Å². The minimum atomic E-state index is -0.235. The van der Waals surface area contributed by atoms with Crippen LogP contribution in [0.25, 0.3) is 11.3 Å². The van der Waals surface area contributed by atoms with E-state index in [9.17, 15) is 4.79 Å². The van der Waals surface area contributed by atoms with E-state index in [2.05, 4.69) is 31.2 Å². The molecule has 0 spiro atoms. The molecule has 1 aliphatic rings. The molecule has 0 fully saturated rings. The van der Waals surface area contributed by atoms with Gasteiger partial charge in [0.1, 0.15) is 17.2 Å². The molecule has 1 atom stereocenters. The summed E-state index contributed by atoms with van der Waals surface area (Å²) in [5, 5.41) is 4.81. The van der Waals surface area contributed by atoms with E-state index in [1.807, 2.05) is 66.5 Å². The number of nitrogens with zero attached hydrogens (tertiary/aromatic N) is 3. The minimum Gasteiger partial charge on any atom is -0.497 e. The van der Waals surface area contributed by atoms with Crippen LogP contribution in [-0.2, 0) is 13.5 Å². The second-order valence-electron chi connectivity index (χ2n) is 9.37. The van der Waals surface area contributed by atoms with Crippen molar-refractivity contribution in [3.8, 4) is 22.8 Å². The molecule has 1 amide bonds. The van der Waals surface area contributed by atoms with Gasteiger partial charge in [0.25, 0.3) is 5.91 Å². The van der Waals surface area contributed by atoms with Crippen molar-refractivity contribution in [2.45, 2.75) is 32.2 Å². The van der Waals surface area contributed by atoms with E-state index in [4.69, 9.17) is 14.6 Å². The fourth-order valence-corrected chi connectivity index (χ4v) is 4.98. The lowest BCUT2D eigenvalue weighted by Gasteiger charge is -2.27. The molecule has 0 N–H and O–H groups in total. The largest absolute Gasteiger partial charge is 0.497 e. The first kappa shape index (κ1) is 24.6. The van der Waals surface area contributed by atoms with Gasteiger partial charge in [-0.2, -0.15) is 5.10 Å². The molecule has 1 aliphatic heterocycles. The molecular weight excluding hydrogens is 462 g/mol. The Balaban J connectivity index is 1.54. The maximum Gasteiger partial charge on any atom is 0.273 e. The van der Waals surface area contributed by atoms with Crippen LogP contribution in [0.5, 0.6) is 11.5 Å². The number of hydrogen-bond acceptors (Lipinski definition) is 4. The predicted octanol–water partition coefficient (Wildman–Crippen LogP) is 6.06. The summed E-state index contributed by atoms with van der Waals surface area (Å²) in [4.78, 5) is 15.8. The number of methoxy groups -OCH3 is 1. The number of rotatable bonds is 10. The van der Waals surface area contributed by atoms with Crippen molar-refractivity contribution in [2.24, 2.45) is 7.05 Å². The third-order valence-electron chi connectivity index (χ3n) is 6.94. The van der Waals surface area contributed by atoms with Gasteiger partial charge in [-0.05, 0) is 60.4 Å². The van der Waals surface area contributed by atoms with Crippen molar-refractivity contribution in [3.63, 3.8) is 0 Å². The van der Waals surface area contributed by atoms with E-state index < -0.39 is 0 Å². The molecule has 37 heavy (non-hydrogen) atoms. The standard InChI is InChI=1S/C31H33N3O3/c1-4-5-21-37-26-17-13-24(14-18-26)29-27-28(23-11-15-25(36-3)16-12-23)32-33(2)30(27)31(35)34(29)20-19-22-9-7-6-8-10-22/h6-18,29H,4-5,19-21H2,1-3H3. The van der Waals surface area contributed by atoms with Crippen molar-refractivity contribution >= 4 is 5.91 Å². The number of benzene rings is 3. The summed E-state index contributed by atoms with van der Waals surface area (Å²) < 4.78 is 13.0. The zero-order valence-electron chi connectivity index (χ0n) is 21.7. The third kappa shape index (κ3) is 4.96. The van der Waals surface area contributed by atoms with Crippen LogP contribution in [0.15, 0.2) is 78.9 Å². The topological polar surface area (TPSA) is 56.6 Å². The zero-order chi connectivity index (χ0) is 25.8. The highest BCUT2D eigenvalue weighted by Crippen LogP contribution is 2.44. The molecule has 1 aromatic heterocycles. The number of amides is 1. The number of fused-ring (bicyclic) bond motifs is 1. The van der Waals surface area contributed by atoms with Crippen molar-refractivity contribution in [3.05, 3.63) is 101 Å². The maximum absolute atomic E-state index is 13.8. The van der Waals surface area contributed by atoms with E-state index in [-0.39, 0.29) is 11.9 Å². The molecule has 0 saturated heterocycles. The second-order valence-corrected chi connectivity index (χ2v) is 9.37. The van der Waals surface area contributed by atoms with E-state index in [0.717, 1.165) is 53.1 Å². The summed E-state index contributed by atoms with van der Waals surface area (Å²) in [6.07, 6.45) is 2.90. The quantitative estimate of drug-likeness (QED) is 0.251. The molecule has 0 radical (unpaired) electrons. The van der Waals surface area contributed by atoms with Crippen molar-refractivity contribution in [2.75, 3.05) is 20.3 Å². The van der Waals surface area contributed by atoms with Gasteiger partial charge < -0.3 is 14.4 Å². The molecular formula is C31H33N3O3. The number of carbonyl (C=O) groups excluding carboxylic acids is 1. The maximum atomic E-state index is 13.8. The normalized spacial score (nSPS) is 14.6. The Bertz CT molecular complexity index is 1350. The molecule has 0 aliphatic carbocycles. The Kier molecular flexibility index (Phi) is 7.26. The third-order valence-corrected chi connectivity index (χ3v) is 6.94. The number of carbonyl (C=O) groups is 1. The zero-order valence-corrected chi connectivity index (χ0v) is 21.7. The second kappa shape index (κ2) is 10.9. The average molecular weight is 496 g/mol. The summed E-state index contributed by atoms with van der Waals surface area (Å²) in [6.45, 7) is 3.47. The first-order valence-corrected chi connectivity index (χ1v) is 12.9. The summed E-state index contributed by atoms with van der Waals surface area (Å²) in [6, 6.07) is 26.1. The first-order chi connectivity index (χ1) is 18.1. The van der Waals surface area contributed by atoms with Gasteiger partial charge in [-0.3, -0.25) is 9.48 Å². The number of aromatic nitrogens is 2. The van der Waals surface area contributed by atoms with Crippen LogP contribution in [0.3, 0.4) is 0 Å². The van der Waals surface area contributed by atoms with E-state index >= 15 is 0 Å². The summed E-state index contributed by atoms with van der Waals surface area (Å²) >= 11 is 0. The van der Waals surface area contributed by atoms with Gasteiger partial charge in [-0.25, -0.2) is 0 Å². The Morgan fingerprint density at radius 3 is 2.30 bits per heavy atom. The Morgan fingerprint density at radius 2 is 1.62 bits per heavy atom. The molecule has 3 aromatic carbocycles. The van der Waals surface area contributed by atoms with Gasteiger partial charge in [0.15, 0.2) is 0 Å². The van der Waals surface area contributed by atoms with Crippen LogP contribution in [0.1, 0.15) is 53.0 Å². The van der Waals surface area contributed by atoms with Gasteiger partial charge >= 0.3 is 0 Å². The van der Waals surface area contributed by atoms with Crippen LogP contribution in [0.2, 0.25) is 0 Å². The molecule has 6 heteroatoms. The smallest absolute Gasteiger partial charge is 0.273 e. The van der Waals surface area contributed by atoms with Gasteiger partial charge in [0.2, 0.25) is 0 Å². The van der Waals surface area contributed by atoms with Crippen molar-refractivity contribution < 1.29 is 14.3 Å². The molecule has 2 heterocycles. The van der Waals surface area contributed by atoms with E-state index in [1.165, 1.54) is 5.56 Å². The molecule has 6 nitrogen and oxygen atoms in total. The summed E-state index contributed by atoms with van der Waals surface area (Å²) in [5.41, 5.74) is 5.63. The molecule has 0 bridgehead atoms. The monoisotopic (exact) mass is 495 g/mol. The van der Waals surface area contributed by atoms with Gasteiger partial charge in [-0.15, -0.1) is 0 Å². The van der Waals surface area contributed by atoms with Gasteiger partial charge in [0, 0.05) is 24.7 Å². The number of ether oxygens (including phenoxy) is 2. The average Bonchev–Trinajstić information content (AvgIpc) is 3.43. The lowest BCUT2D eigenvalue weighted by molar-refractivity contribution is 0.0742. The number of unbranched alkanes of at least 4 members (excludes halogenated alkanes) is 1. The molecule has 190 valence electrons. The Labute approximate surface area is 218 Å². The molecule has 1 unspecified atom stereocenters. The molecule has 5 rings (SSSR count). The fourth-order valence-electron chi connectivity index (χ4n) is 4.98. The molecule has 0 saturated carbocycles. The summed E-state index contributed by atoms with van der Waals surface area (Å²) in [7, 11) is 3.51.